The third kappa shape index (κ3) is 2.99. The molecule has 2 aromatic rings. The molecule has 7 heteroatoms. The van der Waals surface area contributed by atoms with Gasteiger partial charge in [0.05, 0.1) is 12.3 Å². The molecule has 1 aliphatic rings. The van der Waals surface area contributed by atoms with Crippen LogP contribution in [0, 0.1) is 0 Å². The first kappa shape index (κ1) is 14.2. The second kappa shape index (κ2) is 5.59. The molecule has 1 aromatic heterocycles. The maximum atomic E-state index is 12.5. The van der Waals surface area contributed by atoms with E-state index in [9.17, 15) is 8.42 Å². The van der Waals surface area contributed by atoms with E-state index in [1.165, 1.54) is 4.31 Å². The van der Waals surface area contributed by atoms with E-state index in [0.29, 0.717) is 26.2 Å². The number of benzene rings is 1. The lowest BCUT2D eigenvalue weighted by molar-refractivity contribution is 0.335. The van der Waals surface area contributed by atoms with Crippen LogP contribution < -0.4 is 5.73 Å². The van der Waals surface area contributed by atoms with Crippen LogP contribution in [0.25, 0.3) is 0 Å². The highest BCUT2D eigenvalue weighted by molar-refractivity contribution is 7.88. The fraction of sp³-hybridized carbons (Fsp3) is 0.357. The number of fused-ring (bicyclic) bond motifs is 1. The lowest BCUT2D eigenvalue weighted by Crippen LogP contribution is -2.38. The third-order valence-corrected chi connectivity index (χ3v) is 5.48. The van der Waals surface area contributed by atoms with E-state index < -0.39 is 10.0 Å². The van der Waals surface area contributed by atoms with E-state index in [0.717, 1.165) is 17.0 Å². The Balaban J connectivity index is 1.78. The maximum Gasteiger partial charge on any atom is 0.218 e. The molecule has 0 fully saturated rings. The lowest BCUT2D eigenvalue weighted by Gasteiger charge is -2.27. The van der Waals surface area contributed by atoms with Crippen molar-refractivity contribution in [2.75, 3.05) is 6.54 Å². The van der Waals surface area contributed by atoms with Gasteiger partial charge in [-0.2, -0.15) is 4.31 Å². The fourth-order valence-electron chi connectivity index (χ4n) is 2.54. The smallest absolute Gasteiger partial charge is 0.218 e. The van der Waals surface area contributed by atoms with Crippen LogP contribution in [0.15, 0.2) is 36.7 Å². The van der Waals surface area contributed by atoms with Crippen molar-refractivity contribution < 1.29 is 8.42 Å². The number of nitrogens with zero attached hydrogens (tertiary/aromatic N) is 3. The molecule has 21 heavy (non-hydrogen) atoms. The first-order valence-electron chi connectivity index (χ1n) is 6.84. The summed E-state index contributed by atoms with van der Waals surface area (Å²) in [7, 11) is -3.34. The molecule has 112 valence electrons. The highest BCUT2D eigenvalue weighted by Gasteiger charge is 2.27. The minimum absolute atomic E-state index is 0.00154. The van der Waals surface area contributed by atoms with Gasteiger partial charge in [-0.3, -0.25) is 0 Å². The quantitative estimate of drug-likeness (QED) is 0.901. The SMILES string of the molecule is NCc1cccc(CS(=O)(=O)N2CCn3ccnc3C2)c1. The lowest BCUT2D eigenvalue weighted by atomic mass is 10.1. The molecule has 1 aliphatic heterocycles. The first-order chi connectivity index (χ1) is 10.1. The molecular weight excluding hydrogens is 288 g/mol. The highest BCUT2D eigenvalue weighted by atomic mass is 32.2. The van der Waals surface area contributed by atoms with Gasteiger partial charge in [0.2, 0.25) is 10.0 Å². The molecule has 0 saturated carbocycles. The molecule has 0 saturated heterocycles. The number of sulfonamides is 1. The van der Waals surface area contributed by atoms with Crippen LogP contribution >= 0.6 is 0 Å². The van der Waals surface area contributed by atoms with E-state index in [-0.39, 0.29) is 5.75 Å². The summed E-state index contributed by atoms with van der Waals surface area (Å²) in [6.07, 6.45) is 3.58. The van der Waals surface area contributed by atoms with Gasteiger partial charge in [0.15, 0.2) is 0 Å². The van der Waals surface area contributed by atoms with Crippen LogP contribution in [-0.2, 0) is 35.4 Å². The summed E-state index contributed by atoms with van der Waals surface area (Å²) in [6, 6.07) is 7.41. The molecule has 0 bridgehead atoms. The normalized spacial score (nSPS) is 15.9. The van der Waals surface area contributed by atoms with Gasteiger partial charge in [-0.15, -0.1) is 0 Å². The number of hydrogen-bond donors (Lipinski definition) is 1. The Morgan fingerprint density at radius 1 is 1.24 bits per heavy atom. The third-order valence-electron chi connectivity index (χ3n) is 3.68. The first-order valence-corrected chi connectivity index (χ1v) is 8.45. The summed E-state index contributed by atoms with van der Waals surface area (Å²) >= 11 is 0. The minimum Gasteiger partial charge on any atom is -0.333 e. The summed E-state index contributed by atoms with van der Waals surface area (Å²) in [4.78, 5) is 4.20. The van der Waals surface area contributed by atoms with Crippen molar-refractivity contribution in [3.05, 3.63) is 53.6 Å². The molecule has 3 rings (SSSR count). The molecule has 0 unspecified atom stereocenters. The monoisotopic (exact) mass is 306 g/mol. The van der Waals surface area contributed by atoms with Gasteiger partial charge >= 0.3 is 0 Å². The summed E-state index contributed by atoms with van der Waals surface area (Å²) in [5.41, 5.74) is 7.31. The average Bonchev–Trinajstić information content (AvgIpc) is 2.94. The van der Waals surface area contributed by atoms with Gasteiger partial charge in [-0.05, 0) is 11.1 Å². The van der Waals surface area contributed by atoms with Crippen molar-refractivity contribution in [1.82, 2.24) is 13.9 Å². The van der Waals surface area contributed by atoms with Crippen molar-refractivity contribution in [2.24, 2.45) is 5.73 Å². The number of rotatable bonds is 4. The molecule has 6 nitrogen and oxygen atoms in total. The second-order valence-electron chi connectivity index (χ2n) is 5.15. The molecule has 0 radical (unpaired) electrons. The van der Waals surface area contributed by atoms with E-state index in [1.54, 1.807) is 6.20 Å². The Morgan fingerprint density at radius 2 is 2.05 bits per heavy atom. The standard InChI is InChI=1S/C14H18N4O2S/c15-9-12-2-1-3-13(8-12)11-21(19,20)18-7-6-17-5-4-16-14(17)10-18/h1-5,8H,6-7,9-11,15H2. The van der Waals surface area contributed by atoms with Crippen LogP contribution in [0.2, 0.25) is 0 Å². The molecule has 2 heterocycles. The zero-order valence-electron chi connectivity index (χ0n) is 11.6. The predicted molar refractivity (Wildman–Crippen MR) is 79.6 cm³/mol. The highest BCUT2D eigenvalue weighted by Crippen LogP contribution is 2.18. The predicted octanol–water partition coefficient (Wildman–Crippen LogP) is 0.687. The van der Waals surface area contributed by atoms with Crippen LogP contribution in [0.4, 0.5) is 0 Å². The van der Waals surface area contributed by atoms with Crippen molar-refractivity contribution in [2.45, 2.75) is 25.4 Å². The molecule has 0 atom stereocenters. The van der Waals surface area contributed by atoms with Crippen LogP contribution in [0.5, 0.6) is 0 Å². The fourth-order valence-corrected chi connectivity index (χ4v) is 3.99. The Kier molecular flexibility index (Phi) is 3.79. The number of nitrogens with two attached hydrogens (primary N) is 1. The van der Waals surface area contributed by atoms with Crippen LogP contribution in [-0.4, -0.2) is 28.8 Å². The molecule has 0 amide bonds. The minimum atomic E-state index is -3.34. The van der Waals surface area contributed by atoms with Crippen LogP contribution in [0.1, 0.15) is 17.0 Å². The summed E-state index contributed by atoms with van der Waals surface area (Å²) in [5, 5.41) is 0. The van der Waals surface area contributed by atoms with E-state index in [1.807, 2.05) is 35.0 Å². The van der Waals surface area contributed by atoms with Gasteiger partial charge in [0.25, 0.3) is 0 Å². The van der Waals surface area contributed by atoms with Gasteiger partial charge < -0.3 is 10.3 Å². The average molecular weight is 306 g/mol. The number of hydrogen-bond acceptors (Lipinski definition) is 4. The van der Waals surface area contributed by atoms with Crippen molar-refractivity contribution in [1.29, 1.82) is 0 Å². The Bertz CT molecular complexity index is 739. The zero-order valence-corrected chi connectivity index (χ0v) is 12.5. The zero-order chi connectivity index (χ0) is 14.9. The topological polar surface area (TPSA) is 81.2 Å². The Morgan fingerprint density at radius 3 is 2.86 bits per heavy atom. The van der Waals surface area contributed by atoms with Crippen LogP contribution in [0.3, 0.4) is 0 Å². The molecular formula is C14H18N4O2S. The van der Waals surface area contributed by atoms with Crippen molar-refractivity contribution in [3.63, 3.8) is 0 Å². The molecule has 0 spiro atoms. The molecule has 0 aliphatic carbocycles. The van der Waals surface area contributed by atoms with Crippen molar-refractivity contribution in [3.8, 4) is 0 Å². The van der Waals surface area contributed by atoms with E-state index >= 15 is 0 Å². The summed E-state index contributed by atoms with van der Waals surface area (Å²) in [6.45, 7) is 1.89. The maximum absolute atomic E-state index is 12.5. The number of imidazole rings is 1. The van der Waals surface area contributed by atoms with E-state index in [4.69, 9.17) is 5.73 Å². The van der Waals surface area contributed by atoms with Crippen molar-refractivity contribution >= 4 is 10.0 Å². The largest absolute Gasteiger partial charge is 0.333 e. The second-order valence-corrected chi connectivity index (χ2v) is 7.12. The van der Waals surface area contributed by atoms with Gasteiger partial charge in [-0.1, -0.05) is 24.3 Å². The Hall–Kier alpha value is -1.70. The molecule has 1 aromatic carbocycles. The van der Waals surface area contributed by atoms with Gasteiger partial charge in [0.1, 0.15) is 5.82 Å². The van der Waals surface area contributed by atoms with Gasteiger partial charge in [-0.25, -0.2) is 13.4 Å². The summed E-state index contributed by atoms with van der Waals surface area (Å²) in [5.74, 6) is 0.794. The number of aromatic nitrogens is 2. The molecule has 2 N–H and O–H groups in total. The summed E-state index contributed by atoms with van der Waals surface area (Å²) < 4.78 is 28.6. The van der Waals surface area contributed by atoms with E-state index in [2.05, 4.69) is 4.98 Å². The van der Waals surface area contributed by atoms with Gasteiger partial charge in [0, 0.05) is 32.0 Å². The Labute approximate surface area is 124 Å².